The molecule has 0 bridgehead atoms. The maximum Gasteiger partial charge on any atom is 0.311 e. The van der Waals surface area contributed by atoms with Crippen molar-refractivity contribution < 1.29 is 14.3 Å². The van der Waals surface area contributed by atoms with E-state index in [1.807, 2.05) is 0 Å². The van der Waals surface area contributed by atoms with Gasteiger partial charge in [-0.05, 0) is 24.3 Å². The molecule has 0 aliphatic rings. The summed E-state index contributed by atoms with van der Waals surface area (Å²) < 4.78 is 5.47. The minimum atomic E-state index is -0.360. The zero-order valence-corrected chi connectivity index (χ0v) is 13.0. The Morgan fingerprint density at radius 3 is 2.70 bits per heavy atom. The number of carbonyl (C=O) groups is 2. The fourth-order valence-corrected chi connectivity index (χ4v) is 2.41. The van der Waals surface area contributed by atoms with E-state index in [2.05, 4.69) is 31.0 Å². The van der Waals surface area contributed by atoms with Crippen LogP contribution in [0, 0.1) is 0 Å². The first-order valence-electron chi connectivity index (χ1n) is 5.66. The minimum absolute atomic E-state index is 0.0984. The average molecular weight is 355 g/mol. The van der Waals surface area contributed by atoms with E-state index in [0.717, 1.165) is 4.47 Å². The molecule has 0 saturated heterocycles. The van der Waals surface area contributed by atoms with Gasteiger partial charge in [0.25, 0.3) is 5.91 Å². The summed E-state index contributed by atoms with van der Waals surface area (Å²) in [6.07, 6.45) is 0.0984. The van der Waals surface area contributed by atoms with Gasteiger partial charge in [0.05, 0.1) is 19.2 Å². The first kappa shape index (κ1) is 14.7. The Hall–Kier alpha value is -1.73. The van der Waals surface area contributed by atoms with Gasteiger partial charge in [0.15, 0.2) is 5.13 Å². The van der Waals surface area contributed by atoms with Gasteiger partial charge in [-0.3, -0.25) is 14.9 Å². The molecule has 2 aromatic rings. The summed E-state index contributed by atoms with van der Waals surface area (Å²) in [7, 11) is 1.32. The third-order valence-corrected chi connectivity index (χ3v) is 3.77. The van der Waals surface area contributed by atoms with Gasteiger partial charge in [0.2, 0.25) is 0 Å². The van der Waals surface area contributed by atoms with Crippen LogP contribution in [-0.2, 0) is 16.0 Å². The lowest BCUT2D eigenvalue weighted by atomic mass is 10.2. The molecule has 1 aromatic heterocycles. The number of aromatic nitrogens is 1. The van der Waals surface area contributed by atoms with Crippen LogP contribution in [-0.4, -0.2) is 24.0 Å². The lowest BCUT2D eigenvalue weighted by Crippen LogP contribution is -2.11. The number of amides is 1. The monoisotopic (exact) mass is 354 g/mol. The van der Waals surface area contributed by atoms with Crippen molar-refractivity contribution >= 4 is 44.3 Å². The Morgan fingerprint density at radius 2 is 2.05 bits per heavy atom. The number of hydrogen-bond acceptors (Lipinski definition) is 5. The largest absolute Gasteiger partial charge is 0.469 e. The molecule has 0 aliphatic heterocycles. The van der Waals surface area contributed by atoms with E-state index < -0.39 is 0 Å². The molecule has 1 amide bonds. The van der Waals surface area contributed by atoms with Crippen molar-refractivity contribution in [1.29, 1.82) is 0 Å². The number of methoxy groups -OCH3 is 1. The number of carbonyl (C=O) groups excluding carboxylic acids is 2. The highest BCUT2D eigenvalue weighted by Gasteiger charge is 2.11. The molecule has 0 spiro atoms. The maximum atomic E-state index is 12.0. The smallest absolute Gasteiger partial charge is 0.311 e. The maximum absolute atomic E-state index is 12.0. The summed E-state index contributed by atoms with van der Waals surface area (Å²) in [5, 5.41) is 4.86. The number of benzene rings is 1. The van der Waals surface area contributed by atoms with Crippen LogP contribution >= 0.6 is 27.3 Å². The van der Waals surface area contributed by atoms with Gasteiger partial charge >= 0.3 is 5.97 Å². The zero-order chi connectivity index (χ0) is 14.5. The number of halogens is 1. The van der Waals surface area contributed by atoms with Crippen LogP contribution in [0.4, 0.5) is 5.13 Å². The highest BCUT2D eigenvalue weighted by atomic mass is 79.9. The molecular weight excluding hydrogens is 344 g/mol. The van der Waals surface area contributed by atoms with Crippen LogP contribution in [0.5, 0.6) is 0 Å². The Kier molecular flexibility index (Phi) is 4.86. The normalized spacial score (nSPS) is 10.1. The summed E-state index contributed by atoms with van der Waals surface area (Å²) in [4.78, 5) is 27.2. The molecule has 7 heteroatoms. The van der Waals surface area contributed by atoms with Gasteiger partial charge in [-0.2, -0.15) is 0 Å². The lowest BCUT2D eigenvalue weighted by Gasteiger charge is -2.01. The number of thiazole rings is 1. The molecule has 5 nitrogen and oxygen atoms in total. The Morgan fingerprint density at radius 1 is 1.35 bits per heavy atom. The predicted octanol–water partition coefficient (Wildman–Crippen LogP) is 2.87. The van der Waals surface area contributed by atoms with Gasteiger partial charge in [0.1, 0.15) is 0 Å². The number of rotatable bonds is 4. The molecule has 0 radical (unpaired) electrons. The van der Waals surface area contributed by atoms with Crippen LogP contribution < -0.4 is 5.32 Å². The molecule has 0 aliphatic carbocycles. The quantitative estimate of drug-likeness (QED) is 0.857. The van der Waals surface area contributed by atoms with Gasteiger partial charge in [-0.15, -0.1) is 11.3 Å². The number of esters is 1. The van der Waals surface area contributed by atoms with Crippen LogP contribution in [0.1, 0.15) is 16.1 Å². The Labute approximate surface area is 128 Å². The fourth-order valence-electron chi connectivity index (χ4n) is 1.44. The van der Waals surface area contributed by atoms with Gasteiger partial charge in [-0.25, -0.2) is 4.98 Å². The van der Waals surface area contributed by atoms with Crippen molar-refractivity contribution in [3.63, 3.8) is 0 Å². The van der Waals surface area contributed by atoms with Crippen LogP contribution in [0.15, 0.2) is 34.1 Å². The number of nitrogens with zero attached hydrogens (tertiary/aromatic N) is 1. The van der Waals surface area contributed by atoms with Crippen molar-refractivity contribution in [2.45, 2.75) is 6.42 Å². The van der Waals surface area contributed by atoms with Crippen LogP contribution in [0.3, 0.4) is 0 Å². The third kappa shape index (κ3) is 3.88. The van der Waals surface area contributed by atoms with E-state index >= 15 is 0 Å². The molecule has 20 heavy (non-hydrogen) atoms. The van der Waals surface area contributed by atoms with E-state index in [-0.39, 0.29) is 18.3 Å². The molecule has 1 heterocycles. The van der Waals surface area contributed by atoms with E-state index in [1.165, 1.54) is 18.4 Å². The van der Waals surface area contributed by atoms with Gasteiger partial charge < -0.3 is 4.74 Å². The van der Waals surface area contributed by atoms with Crippen molar-refractivity contribution in [3.05, 3.63) is 45.4 Å². The molecule has 0 saturated carbocycles. The second-order valence-electron chi connectivity index (χ2n) is 3.86. The molecular formula is C13H11BrN2O3S. The summed E-state index contributed by atoms with van der Waals surface area (Å²) in [5.41, 5.74) is 1.12. The first-order chi connectivity index (χ1) is 9.58. The number of hydrogen-bond donors (Lipinski definition) is 1. The van der Waals surface area contributed by atoms with Crippen molar-refractivity contribution in [3.8, 4) is 0 Å². The van der Waals surface area contributed by atoms with Crippen molar-refractivity contribution in [1.82, 2.24) is 4.98 Å². The van der Waals surface area contributed by atoms with Crippen LogP contribution in [0.25, 0.3) is 0 Å². The molecule has 2 rings (SSSR count). The first-order valence-corrected chi connectivity index (χ1v) is 7.34. The summed E-state index contributed by atoms with van der Waals surface area (Å²) in [6.45, 7) is 0. The second kappa shape index (κ2) is 6.62. The zero-order valence-electron chi connectivity index (χ0n) is 10.6. The summed E-state index contributed by atoms with van der Waals surface area (Å²) in [6, 6.07) is 7.00. The SMILES string of the molecule is COC(=O)Cc1csc(NC(=O)c2ccc(Br)cc2)n1. The summed E-state index contributed by atoms with van der Waals surface area (Å²) >= 11 is 4.58. The minimum Gasteiger partial charge on any atom is -0.469 e. The summed E-state index contributed by atoms with van der Waals surface area (Å²) in [5.74, 6) is -0.599. The van der Waals surface area contributed by atoms with Crippen molar-refractivity contribution in [2.24, 2.45) is 0 Å². The average Bonchev–Trinajstić information content (AvgIpc) is 2.86. The van der Waals surface area contributed by atoms with E-state index in [4.69, 9.17) is 0 Å². The van der Waals surface area contributed by atoms with Gasteiger partial charge in [0, 0.05) is 15.4 Å². The van der Waals surface area contributed by atoms with E-state index in [0.29, 0.717) is 16.4 Å². The van der Waals surface area contributed by atoms with Crippen molar-refractivity contribution in [2.75, 3.05) is 12.4 Å². The molecule has 0 fully saturated rings. The standard InChI is InChI=1S/C13H11BrN2O3S/c1-19-11(17)6-10-7-20-13(15-10)16-12(18)8-2-4-9(14)5-3-8/h2-5,7H,6H2,1H3,(H,15,16,18). The fraction of sp³-hybridized carbons (Fsp3) is 0.154. The molecule has 104 valence electrons. The Bertz CT molecular complexity index is 625. The van der Waals surface area contributed by atoms with E-state index in [1.54, 1.807) is 29.6 Å². The molecule has 1 N–H and O–H groups in total. The Balaban J connectivity index is 2.01. The molecule has 0 unspecified atom stereocenters. The molecule has 1 aromatic carbocycles. The topological polar surface area (TPSA) is 68.3 Å². The number of nitrogens with one attached hydrogen (secondary N) is 1. The number of anilines is 1. The number of ether oxygens (including phenoxy) is 1. The molecule has 0 atom stereocenters. The van der Waals surface area contributed by atoms with Gasteiger partial charge in [-0.1, -0.05) is 15.9 Å². The third-order valence-electron chi connectivity index (χ3n) is 2.43. The highest BCUT2D eigenvalue weighted by Crippen LogP contribution is 2.18. The highest BCUT2D eigenvalue weighted by molar-refractivity contribution is 9.10. The van der Waals surface area contributed by atoms with E-state index in [9.17, 15) is 9.59 Å². The van der Waals surface area contributed by atoms with Crippen LogP contribution in [0.2, 0.25) is 0 Å². The lowest BCUT2D eigenvalue weighted by molar-refractivity contribution is -0.139. The predicted molar refractivity (Wildman–Crippen MR) is 79.9 cm³/mol. The second-order valence-corrected chi connectivity index (χ2v) is 5.63.